The normalized spacial score (nSPS) is 11.2. The number of hydrogen-bond acceptors (Lipinski definition) is 4. The molecule has 5 nitrogen and oxygen atoms in total. The first-order valence-corrected chi connectivity index (χ1v) is 6.59. The van der Waals surface area contributed by atoms with Crippen molar-refractivity contribution in [3.8, 4) is 5.75 Å². The number of alkyl halides is 2. The number of esters is 1. The van der Waals surface area contributed by atoms with Gasteiger partial charge in [0.25, 0.3) is 0 Å². The maximum atomic E-state index is 13.7. The number of carbonyl (C=O) groups is 2. The summed E-state index contributed by atoms with van der Waals surface area (Å²) in [5, 5.41) is 8.20. The van der Waals surface area contributed by atoms with Gasteiger partial charge in [0.05, 0.1) is 12.2 Å². The standard InChI is InChI=1S/C14H14F4O5/c1-2-3-4-22-12(19)8-5-9(15)11(10(16)6-8)23-7-14(17,18)13(20)21/h5-6H,2-4,7H2,1H3,(H,20,21). The SMILES string of the molecule is CCCCOC(=O)c1cc(F)c(OCC(F)(F)C(=O)O)c(F)c1. The minimum absolute atomic E-state index is 0.0711. The van der Waals surface area contributed by atoms with Crippen LogP contribution < -0.4 is 4.74 Å². The average molecular weight is 338 g/mol. The number of hydrogen-bond donors (Lipinski definition) is 1. The lowest BCUT2D eigenvalue weighted by Crippen LogP contribution is -2.35. The van der Waals surface area contributed by atoms with E-state index in [-0.39, 0.29) is 6.61 Å². The Kier molecular flexibility index (Phi) is 6.35. The van der Waals surface area contributed by atoms with Crippen LogP contribution in [0.4, 0.5) is 17.6 Å². The molecule has 1 aromatic carbocycles. The molecule has 0 saturated carbocycles. The van der Waals surface area contributed by atoms with Gasteiger partial charge in [-0.15, -0.1) is 0 Å². The molecule has 0 atom stereocenters. The predicted octanol–water partition coefficient (Wildman–Crippen LogP) is 3.02. The largest absolute Gasteiger partial charge is 0.481 e. The monoisotopic (exact) mass is 338 g/mol. The zero-order valence-electron chi connectivity index (χ0n) is 12.1. The van der Waals surface area contributed by atoms with Crippen LogP contribution in [-0.4, -0.2) is 36.2 Å². The van der Waals surface area contributed by atoms with Crippen LogP contribution in [0.2, 0.25) is 0 Å². The molecule has 1 N–H and O–H groups in total. The molecular formula is C14H14F4O5. The Bertz CT molecular complexity index is 566. The van der Waals surface area contributed by atoms with E-state index in [1.807, 2.05) is 6.92 Å². The molecule has 0 heterocycles. The molecular weight excluding hydrogens is 324 g/mol. The van der Waals surface area contributed by atoms with E-state index in [1.54, 1.807) is 0 Å². The fourth-order valence-electron chi connectivity index (χ4n) is 1.43. The van der Waals surface area contributed by atoms with Gasteiger partial charge in [0.1, 0.15) is 0 Å². The van der Waals surface area contributed by atoms with Gasteiger partial charge in [-0.2, -0.15) is 8.78 Å². The van der Waals surface area contributed by atoms with Crippen molar-refractivity contribution in [3.63, 3.8) is 0 Å². The molecule has 0 aliphatic heterocycles. The molecule has 0 amide bonds. The van der Waals surface area contributed by atoms with Gasteiger partial charge in [0.2, 0.25) is 0 Å². The van der Waals surface area contributed by atoms with Crippen molar-refractivity contribution in [1.82, 2.24) is 0 Å². The minimum Gasteiger partial charge on any atom is -0.481 e. The second kappa shape index (κ2) is 7.80. The smallest absolute Gasteiger partial charge is 0.378 e. The molecule has 0 radical (unpaired) electrons. The number of aliphatic carboxylic acids is 1. The summed E-state index contributed by atoms with van der Waals surface area (Å²) in [6.45, 7) is 0.171. The Hall–Kier alpha value is -2.32. The Labute approximate surface area is 128 Å². The van der Waals surface area contributed by atoms with Crippen LogP contribution in [0.5, 0.6) is 5.75 Å². The molecule has 0 aromatic heterocycles. The Morgan fingerprint density at radius 2 is 1.78 bits per heavy atom. The van der Waals surface area contributed by atoms with Crippen LogP contribution in [0, 0.1) is 11.6 Å². The number of carbonyl (C=O) groups excluding carboxylic acids is 1. The molecule has 128 valence electrons. The summed E-state index contributed by atoms with van der Waals surface area (Å²) >= 11 is 0. The van der Waals surface area contributed by atoms with Gasteiger partial charge >= 0.3 is 17.9 Å². The number of carboxylic acid groups (broad SMARTS) is 1. The highest BCUT2D eigenvalue weighted by Crippen LogP contribution is 2.26. The summed E-state index contributed by atoms with van der Waals surface area (Å²) in [6.07, 6.45) is 1.32. The highest BCUT2D eigenvalue weighted by molar-refractivity contribution is 5.89. The predicted molar refractivity (Wildman–Crippen MR) is 69.6 cm³/mol. The lowest BCUT2D eigenvalue weighted by molar-refractivity contribution is -0.169. The zero-order chi connectivity index (χ0) is 17.6. The third-order valence-electron chi connectivity index (χ3n) is 2.68. The van der Waals surface area contributed by atoms with Gasteiger partial charge in [-0.1, -0.05) is 13.3 Å². The minimum atomic E-state index is -4.31. The van der Waals surface area contributed by atoms with E-state index in [1.165, 1.54) is 0 Å². The van der Waals surface area contributed by atoms with Crippen molar-refractivity contribution in [2.45, 2.75) is 25.7 Å². The summed E-state index contributed by atoms with van der Waals surface area (Å²) in [5.74, 6) is -11.8. The van der Waals surface area contributed by atoms with Gasteiger partial charge < -0.3 is 14.6 Å². The molecule has 0 spiro atoms. The first kappa shape index (κ1) is 18.7. The molecule has 1 aromatic rings. The van der Waals surface area contributed by atoms with E-state index in [9.17, 15) is 27.2 Å². The van der Waals surface area contributed by atoms with Crippen molar-refractivity contribution >= 4 is 11.9 Å². The van der Waals surface area contributed by atoms with E-state index in [0.717, 1.165) is 6.42 Å². The summed E-state index contributed by atoms with van der Waals surface area (Å²) in [5.41, 5.74) is -0.451. The van der Waals surface area contributed by atoms with Crippen molar-refractivity contribution in [2.24, 2.45) is 0 Å². The third kappa shape index (κ3) is 5.11. The van der Waals surface area contributed by atoms with Gasteiger partial charge in [-0.05, 0) is 18.6 Å². The van der Waals surface area contributed by atoms with Crippen molar-refractivity contribution in [2.75, 3.05) is 13.2 Å². The number of carboxylic acids is 1. The van der Waals surface area contributed by atoms with Gasteiger partial charge in [0, 0.05) is 0 Å². The van der Waals surface area contributed by atoms with Gasteiger partial charge in [-0.25, -0.2) is 18.4 Å². The summed E-state index contributed by atoms with van der Waals surface area (Å²) in [7, 11) is 0. The Morgan fingerprint density at radius 3 is 2.26 bits per heavy atom. The molecule has 9 heteroatoms. The molecule has 0 saturated heterocycles. The van der Waals surface area contributed by atoms with Crippen LogP contribution in [0.15, 0.2) is 12.1 Å². The molecule has 0 aliphatic rings. The highest BCUT2D eigenvalue weighted by atomic mass is 19.3. The lowest BCUT2D eigenvalue weighted by atomic mass is 10.2. The van der Waals surface area contributed by atoms with Crippen molar-refractivity contribution in [3.05, 3.63) is 29.3 Å². The van der Waals surface area contributed by atoms with Crippen LogP contribution in [0.1, 0.15) is 30.1 Å². The Morgan fingerprint density at radius 1 is 1.22 bits per heavy atom. The highest BCUT2D eigenvalue weighted by Gasteiger charge is 2.40. The molecule has 0 aliphatic carbocycles. The number of benzene rings is 1. The maximum absolute atomic E-state index is 13.7. The van der Waals surface area contributed by atoms with Gasteiger partial charge in [0.15, 0.2) is 24.0 Å². The van der Waals surface area contributed by atoms with Crippen molar-refractivity contribution < 1.29 is 41.7 Å². The number of halogens is 4. The van der Waals surface area contributed by atoms with E-state index in [4.69, 9.17) is 9.84 Å². The Balaban J connectivity index is 2.85. The summed E-state index contributed by atoms with van der Waals surface area (Å²) in [4.78, 5) is 21.7. The molecule has 1 rings (SSSR count). The van der Waals surface area contributed by atoms with E-state index in [2.05, 4.69) is 4.74 Å². The summed E-state index contributed by atoms with van der Waals surface area (Å²) < 4.78 is 62.0. The maximum Gasteiger partial charge on any atom is 0.378 e. The first-order valence-electron chi connectivity index (χ1n) is 6.59. The molecule has 23 heavy (non-hydrogen) atoms. The van der Waals surface area contributed by atoms with Crippen molar-refractivity contribution in [1.29, 1.82) is 0 Å². The first-order chi connectivity index (χ1) is 10.7. The molecule has 0 bridgehead atoms. The van der Waals surface area contributed by atoms with Crippen LogP contribution >= 0.6 is 0 Å². The average Bonchev–Trinajstić information content (AvgIpc) is 2.46. The second-order valence-corrected chi connectivity index (χ2v) is 4.56. The van der Waals surface area contributed by atoms with Crippen LogP contribution in [0.3, 0.4) is 0 Å². The molecule has 0 unspecified atom stereocenters. The quantitative estimate of drug-likeness (QED) is 0.448. The number of unbranched alkanes of at least 4 members (excludes halogenated alkanes) is 1. The third-order valence-corrected chi connectivity index (χ3v) is 2.68. The van der Waals surface area contributed by atoms with E-state index >= 15 is 0 Å². The lowest BCUT2D eigenvalue weighted by Gasteiger charge is -2.14. The van der Waals surface area contributed by atoms with Crippen LogP contribution in [-0.2, 0) is 9.53 Å². The fraction of sp³-hybridized carbons (Fsp3) is 0.429. The summed E-state index contributed by atoms with van der Waals surface area (Å²) in [6, 6.07) is 1.12. The molecule has 0 fully saturated rings. The zero-order valence-corrected chi connectivity index (χ0v) is 12.1. The van der Waals surface area contributed by atoms with E-state index < -0.39 is 47.4 Å². The number of rotatable bonds is 8. The van der Waals surface area contributed by atoms with Gasteiger partial charge in [-0.3, -0.25) is 0 Å². The number of ether oxygens (including phenoxy) is 2. The van der Waals surface area contributed by atoms with Crippen LogP contribution in [0.25, 0.3) is 0 Å². The second-order valence-electron chi connectivity index (χ2n) is 4.56. The fourth-order valence-corrected chi connectivity index (χ4v) is 1.43. The van der Waals surface area contributed by atoms with E-state index in [0.29, 0.717) is 18.6 Å². The topological polar surface area (TPSA) is 72.8 Å².